The lowest BCUT2D eigenvalue weighted by Gasteiger charge is -2.40. The van der Waals surface area contributed by atoms with Crippen molar-refractivity contribution in [3.63, 3.8) is 0 Å². The second kappa shape index (κ2) is 45.6. The molecule has 29 rings (SSSR count). The molecule has 0 aromatic rings. The molecule has 29 aliphatic carbocycles. The highest BCUT2D eigenvalue weighted by atomic mass is 14.4. The highest BCUT2D eigenvalue weighted by Crippen LogP contribution is 2.50. The van der Waals surface area contributed by atoms with Crippen molar-refractivity contribution in [3.8, 4) is 0 Å². The van der Waals surface area contributed by atoms with Gasteiger partial charge in [-0.25, -0.2) is 0 Å². The summed E-state index contributed by atoms with van der Waals surface area (Å²) in [5, 5.41) is 0. The van der Waals surface area contributed by atoms with Crippen LogP contribution in [0.25, 0.3) is 0 Å². The van der Waals surface area contributed by atoms with Gasteiger partial charge in [0.05, 0.1) is 0 Å². The maximum Gasteiger partial charge on any atom is -0.0409 e. The largest absolute Gasteiger partial charge is 0.0530 e. The van der Waals surface area contributed by atoms with Gasteiger partial charge in [0, 0.05) is 0 Å². The van der Waals surface area contributed by atoms with Crippen LogP contribution in [0.4, 0.5) is 0 Å². The van der Waals surface area contributed by atoms with E-state index in [1.807, 2.05) is 0 Å². The van der Waals surface area contributed by atoms with Gasteiger partial charge in [0.15, 0.2) is 0 Å². The Balaban J connectivity index is 0.000000100. The molecule has 0 heterocycles. The first-order valence-corrected chi connectivity index (χ1v) is 50.9. The van der Waals surface area contributed by atoms with Gasteiger partial charge in [0.25, 0.3) is 0 Å². The Morgan fingerprint density at radius 1 is 0.0583 bits per heavy atom. The summed E-state index contributed by atoms with van der Waals surface area (Å²) in [5.74, 6) is 27.7. The van der Waals surface area contributed by atoms with Crippen LogP contribution < -0.4 is 0 Å². The lowest BCUT2D eigenvalue weighted by Crippen LogP contribution is -2.28. The molecule has 0 N–H and O–H groups in total. The molecule has 29 fully saturated rings. The molecule has 24 bridgehead atoms. The Bertz CT molecular complexity index is 1930. The Kier molecular flexibility index (Phi) is 35.9. The average molecular weight is 1420 g/mol. The molecule has 103 heavy (non-hydrogen) atoms. The van der Waals surface area contributed by atoms with Gasteiger partial charge < -0.3 is 0 Å². The molecule has 0 heteroatoms. The van der Waals surface area contributed by atoms with Crippen molar-refractivity contribution in [2.24, 2.45) is 142 Å². The number of fused-ring (bicyclic) bond motifs is 30. The van der Waals surface area contributed by atoms with Crippen molar-refractivity contribution in [2.45, 2.75) is 507 Å². The normalized spacial score (nSPS) is 43.6. The molecule has 0 aromatic heterocycles. The standard InChI is InChI=1S/C11H20.3C10H18.2C9H16.3C8H14.2C7H12.C6H10/c1-2-5-11-7-3-6-10(4-1)8-9-11;1-3-9-5-2-6-10(4-1)8-7-9;1-2-5-10-7-3-6-9(4-1)8-10;1-2-4-10-7-5-9(3-1)6-8-10;1-3-8-5-2-6-9(4-1)7-8;1-2-4-9-6-5-8(3-1)7-9;1-2-8-5-3-7(1)4-6-8;1-2-7-4-5-8(3-1)6-7;1-2-4-8-5-7(3-1)6-8;1-2-7-4-3-6(1)5-7;1-2-6-4-7(3-1)5-6;1-2-6-3-5(1)4-6/h10-11H,1-9H2;3*9-10H,1-8H2;2*8-9H,1-7H2;3*7-8H,1-6H2;2*6-7H,1-5H2;5-6H,1-4H2. The van der Waals surface area contributed by atoms with Crippen molar-refractivity contribution in [2.75, 3.05) is 0 Å². The highest BCUT2D eigenvalue weighted by Gasteiger charge is 2.37. The van der Waals surface area contributed by atoms with E-state index >= 15 is 0 Å². The van der Waals surface area contributed by atoms with Crippen LogP contribution in [0.3, 0.4) is 0 Å². The van der Waals surface area contributed by atoms with Gasteiger partial charge in [-0.3, -0.25) is 0 Å². The van der Waals surface area contributed by atoms with E-state index in [0.29, 0.717) is 0 Å². The van der Waals surface area contributed by atoms with Crippen molar-refractivity contribution in [1.29, 1.82) is 0 Å². The summed E-state index contributed by atoms with van der Waals surface area (Å²) in [6.07, 6.45) is 123. The molecule has 0 radical (unpaired) electrons. The zero-order valence-corrected chi connectivity index (χ0v) is 69.7. The topological polar surface area (TPSA) is 0 Å². The van der Waals surface area contributed by atoms with Gasteiger partial charge in [0.1, 0.15) is 0 Å². The van der Waals surface area contributed by atoms with Crippen LogP contribution >= 0.6 is 0 Å². The quantitative estimate of drug-likeness (QED) is 0.227. The Labute approximate surface area is 645 Å². The van der Waals surface area contributed by atoms with Crippen LogP contribution in [0.2, 0.25) is 0 Å². The molecule has 0 spiro atoms. The summed E-state index contributed by atoms with van der Waals surface area (Å²) >= 11 is 0. The first kappa shape index (κ1) is 81.0. The van der Waals surface area contributed by atoms with E-state index in [4.69, 9.17) is 0 Å². The van der Waals surface area contributed by atoms with Gasteiger partial charge >= 0.3 is 0 Å². The first-order chi connectivity index (χ1) is 50.9. The number of rotatable bonds is 0. The Morgan fingerprint density at radius 2 is 0.136 bits per heavy atom. The molecule has 0 aromatic carbocycles. The maximum absolute atomic E-state index is 1.58. The van der Waals surface area contributed by atoms with Gasteiger partial charge in [-0.05, 0) is 213 Å². The van der Waals surface area contributed by atoms with E-state index in [0.717, 1.165) is 94.7 Å². The zero-order valence-electron chi connectivity index (χ0n) is 69.7. The third-order valence-electron chi connectivity index (χ3n) is 36.3. The third-order valence-corrected chi connectivity index (χ3v) is 36.3. The summed E-state index contributed by atoms with van der Waals surface area (Å²) in [4.78, 5) is 0. The fourth-order valence-corrected chi connectivity index (χ4v) is 29.2. The smallest absolute Gasteiger partial charge is 0.0409 e. The van der Waals surface area contributed by atoms with E-state index in [2.05, 4.69) is 0 Å². The lowest BCUT2D eigenvalue weighted by atomic mass is 9.65. The zero-order chi connectivity index (χ0) is 69.7. The van der Waals surface area contributed by atoms with Crippen LogP contribution in [-0.2, 0) is 0 Å². The molecule has 0 amide bonds. The summed E-state index contributed by atoms with van der Waals surface area (Å²) in [6.45, 7) is 0. The molecule has 0 aliphatic heterocycles. The third kappa shape index (κ3) is 29.2. The van der Waals surface area contributed by atoms with E-state index in [-0.39, 0.29) is 0 Å². The predicted octanol–water partition coefficient (Wildman–Crippen LogP) is 33.8. The summed E-state index contributed by atoms with van der Waals surface area (Å²) in [5.41, 5.74) is 0. The monoisotopic (exact) mass is 1420 g/mol. The maximum atomic E-state index is 1.58. The molecule has 29 aliphatic rings. The van der Waals surface area contributed by atoms with Crippen LogP contribution in [0, 0.1) is 142 Å². The number of hydrogen-bond acceptors (Lipinski definition) is 0. The lowest BCUT2D eigenvalue weighted by molar-refractivity contribution is 0.116. The molecule has 8 unspecified atom stereocenters. The molecule has 0 saturated heterocycles. The summed E-state index contributed by atoms with van der Waals surface area (Å²) in [7, 11) is 0. The minimum Gasteiger partial charge on any atom is -0.0530 e. The molecular weight excluding hydrogens is 1240 g/mol. The van der Waals surface area contributed by atoms with Gasteiger partial charge in [-0.2, -0.15) is 0 Å². The van der Waals surface area contributed by atoms with E-state index in [1.54, 1.807) is 392 Å². The van der Waals surface area contributed by atoms with Gasteiger partial charge in [-0.15, -0.1) is 0 Å². The first-order valence-electron chi connectivity index (χ1n) is 50.9. The van der Waals surface area contributed by atoms with E-state index in [1.165, 1.54) is 163 Å². The summed E-state index contributed by atoms with van der Waals surface area (Å²) < 4.78 is 0. The van der Waals surface area contributed by atoms with Crippen LogP contribution in [0.15, 0.2) is 0 Å². The highest BCUT2D eigenvalue weighted by molar-refractivity contribution is 4.89. The van der Waals surface area contributed by atoms with Crippen molar-refractivity contribution < 1.29 is 0 Å². The minimum absolute atomic E-state index is 1.13. The van der Waals surface area contributed by atoms with E-state index < -0.39 is 0 Å². The van der Waals surface area contributed by atoms with Crippen molar-refractivity contribution >= 4 is 0 Å². The Morgan fingerprint density at radius 3 is 0.301 bits per heavy atom. The fourth-order valence-electron chi connectivity index (χ4n) is 29.2. The molecule has 0 nitrogen and oxygen atoms in total. The summed E-state index contributed by atoms with van der Waals surface area (Å²) in [6, 6.07) is 0. The fraction of sp³-hybridized carbons (Fsp3) is 1.00. The van der Waals surface area contributed by atoms with Crippen LogP contribution in [0.5, 0.6) is 0 Å². The van der Waals surface area contributed by atoms with Crippen molar-refractivity contribution in [1.82, 2.24) is 0 Å². The van der Waals surface area contributed by atoms with Crippen LogP contribution in [-0.4, -0.2) is 0 Å². The average Bonchev–Trinajstić information content (AvgIpc) is 1.85. The number of hydrogen-bond donors (Lipinski definition) is 0. The van der Waals surface area contributed by atoms with Gasteiger partial charge in [-0.1, -0.05) is 437 Å². The van der Waals surface area contributed by atoms with Gasteiger partial charge in [0.2, 0.25) is 0 Å². The molecule has 29 saturated carbocycles. The van der Waals surface area contributed by atoms with Crippen LogP contribution in [0.1, 0.15) is 507 Å². The molecule has 8 atom stereocenters. The van der Waals surface area contributed by atoms with Crippen molar-refractivity contribution in [3.05, 3.63) is 0 Å². The second-order valence-corrected chi connectivity index (χ2v) is 44.2. The predicted molar refractivity (Wildman–Crippen MR) is 449 cm³/mol. The Hall–Kier alpha value is 0. The second-order valence-electron chi connectivity index (χ2n) is 44.2. The van der Waals surface area contributed by atoms with E-state index in [9.17, 15) is 0 Å². The minimum atomic E-state index is 1.13. The molecule has 594 valence electrons. The SMILES string of the molecule is C1CC2CC(C1)C2.C1CC2CC1C2.C1CC2CCC(C1)C2.C1CC2CCC1C2.C1CC2CCC1CC2.C1CC2CCCC(C1)C2.C1CC2CCCC(C1)CC2.C1CCC2CC(C1)C2.C1CCC2CCC(C1)C2.C1CCC2CCC(C1)CC2.C1CCC2CCCC(C1)C2.C1CCC2CCCC(C1)CC2. The molecular formula is C103H182.